The van der Waals surface area contributed by atoms with Crippen molar-refractivity contribution in [3.05, 3.63) is 94.0 Å². The molecule has 3 N–H and O–H groups in total. The molecule has 0 fully saturated rings. The first-order chi connectivity index (χ1) is 17.1. The molecule has 9 nitrogen and oxygen atoms in total. The second kappa shape index (κ2) is 10.4. The van der Waals surface area contributed by atoms with Crippen molar-refractivity contribution >= 4 is 49.8 Å². The van der Waals surface area contributed by atoms with Crippen molar-refractivity contribution < 1.29 is 18.0 Å². The summed E-state index contributed by atoms with van der Waals surface area (Å²) in [6.07, 6.45) is 4.20. The largest absolute Gasteiger partial charge is 0.360 e. The molecular weight excluding hydrogens is 504 g/mol. The molecule has 0 aliphatic heterocycles. The van der Waals surface area contributed by atoms with Crippen molar-refractivity contribution in [2.75, 3.05) is 17.3 Å². The van der Waals surface area contributed by atoms with Crippen LogP contribution < -0.4 is 16.2 Å². The lowest BCUT2D eigenvalue weighted by molar-refractivity contribution is -0.118. The summed E-state index contributed by atoms with van der Waals surface area (Å²) in [5.74, 6) is -1.39. The van der Waals surface area contributed by atoms with Crippen LogP contribution in [0.5, 0.6) is 0 Å². The van der Waals surface area contributed by atoms with E-state index in [0.29, 0.717) is 21.9 Å². The fourth-order valence-corrected chi connectivity index (χ4v) is 4.53. The third-order valence-electron chi connectivity index (χ3n) is 5.53. The van der Waals surface area contributed by atoms with Crippen LogP contribution in [0.2, 0.25) is 5.02 Å². The molecule has 2 amide bonds. The molecule has 11 heteroatoms. The third-order valence-corrected chi connectivity index (χ3v) is 6.82. The standard InChI is InChI=1S/C25H23ClN4O5S/c1-36(34,35)13-11-21(29-24(32)16-5-10-19-20(26)15-27-22(19)14-16)25(33)28-17-6-8-18(9-7-17)30-12-3-2-4-23(30)31/h2-10,12,14-15,21,27H,11,13H2,1H3,(H,28,33)(H,29,32). The molecule has 186 valence electrons. The smallest absolute Gasteiger partial charge is 0.255 e. The van der Waals surface area contributed by atoms with Crippen molar-refractivity contribution in [2.45, 2.75) is 12.5 Å². The fourth-order valence-electron chi connectivity index (χ4n) is 3.65. The lowest BCUT2D eigenvalue weighted by Crippen LogP contribution is -2.44. The van der Waals surface area contributed by atoms with E-state index in [0.717, 1.165) is 11.6 Å². The average Bonchev–Trinajstić information content (AvgIpc) is 3.22. The van der Waals surface area contributed by atoms with Crippen LogP contribution in [-0.2, 0) is 14.6 Å². The van der Waals surface area contributed by atoms with Crippen molar-refractivity contribution in [3.63, 3.8) is 0 Å². The van der Waals surface area contributed by atoms with Gasteiger partial charge in [-0.3, -0.25) is 19.0 Å². The molecule has 1 unspecified atom stereocenters. The van der Waals surface area contributed by atoms with Crippen LogP contribution in [0.4, 0.5) is 5.69 Å². The maximum atomic E-state index is 13.0. The molecule has 2 aromatic heterocycles. The zero-order valence-corrected chi connectivity index (χ0v) is 20.8. The number of H-pyrrole nitrogens is 1. The molecule has 1 atom stereocenters. The predicted octanol–water partition coefficient (Wildman–Crippen LogP) is 3.14. The number of sulfone groups is 1. The molecule has 0 saturated carbocycles. The Labute approximate surface area is 212 Å². The van der Waals surface area contributed by atoms with Gasteiger partial charge >= 0.3 is 0 Å². The predicted molar refractivity (Wildman–Crippen MR) is 140 cm³/mol. The van der Waals surface area contributed by atoms with E-state index in [9.17, 15) is 22.8 Å². The molecule has 2 heterocycles. The Balaban J connectivity index is 1.51. The van der Waals surface area contributed by atoms with E-state index < -0.39 is 27.7 Å². The summed E-state index contributed by atoms with van der Waals surface area (Å²) in [7, 11) is -3.38. The summed E-state index contributed by atoms with van der Waals surface area (Å²) in [5.41, 5.74) is 1.78. The zero-order chi connectivity index (χ0) is 25.9. The van der Waals surface area contributed by atoms with Crippen LogP contribution in [0.25, 0.3) is 16.6 Å². The molecule has 0 radical (unpaired) electrons. The summed E-state index contributed by atoms with van der Waals surface area (Å²) in [6, 6.07) is 15.1. The minimum atomic E-state index is -3.38. The van der Waals surface area contributed by atoms with Crippen LogP contribution in [0.3, 0.4) is 0 Å². The van der Waals surface area contributed by atoms with E-state index in [2.05, 4.69) is 15.6 Å². The minimum absolute atomic E-state index is 0.107. The van der Waals surface area contributed by atoms with Gasteiger partial charge < -0.3 is 15.6 Å². The van der Waals surface area contributed by atoms with Gasteiger partial charge in [-0.25, -0.2) is 8.42 Å². The summed E-state index contributed by atoms with van der Waals surface area (Å²) in [6.45, 7) is 0. The Morgan fingerprint density at radius 1 is 1.08 bits per heavy atom. The first kappa shape index (κ1) is 25.2. The maximum absolute atomic E-state index is 13.0. The first-order valence-corrected chi connectivity index (χ1v) is 13.4. The van der Waals surface area contributed by atoms with E-state index in [1.165, 1.54) is 10.6 Å². The quantitative estimate of drug-likeness (QED) is 0.325. The highest BCUT2D eigenvalue weighted by atomic mass is 35.5. The average molecular weight is 527 g/mol. The molecule has 0 aliphatic carbocycles. The Morgan fingerprint density at radius 3 is 2.53 bits per heavy atom. The number of amides is 2. The van der Waals surface area contributed by atoms with Crippen LogP contribution >= 0.6 is 11.6 Å². The van der Waals surface area contributed by atoms with Gasteiger partial charge in [-0.2, -0.15) is 0 Å². The van der Waals surface area contributed by atoms with Gasteiger partial charge in [0.05, 0.1) is 10.8 Å². The number of aromatic nitrogens is 2. The molecule has 0 bridgehead atoms. The van der Waals surface area contributed by atoms with Gasteiger partial charge in [-0.05, 0) is 48.9 Å². The van der Waals surface area contributed by atoms with Gasteiger partial charge in [-0.1, -0.05) is 23.7 Å². The van der Waals surface area contributed by atoms with Crippen LogP contribution in [0.1, 0.15) is 16.8 Å². The third kappa shape index (κ3) is 6.02. The highest BCUT2D eigenvalue weighted by Gasteiger charge is 2.23. The van der Waals surface area contributed by atoms with Gasteiger partial charge in [0.1, 0.15) is 15.9 Å². The van der Waals surface area contributed by atoms with E-state index in [-0.39, 0.29) is 23.3 Å². The molecule has 0 spiro atoms. The van der Waals surface area contributed by atoms with E-state index in [1.54, 1.807) is 67.0 Å². The highest BCUT2D eigenvalue weighted by Crippen LogP contribution is 2.23. The Hall–Kier alpha value is -3.89. The monoisotopic (exact) mass is 526 g/mol. The number of hydrogen-bond acceptors (Lipinski definition) is 5. The number of anilines is 1. The highest BCUT2D eigenvalue weighted by molar-refractivity contribution is 7.90. The summed E-state index contributed by atoms with van der Waals surface area (Å²) < 4.78 is 24.9. The van der Waals surface area contributed by atoms with Gasteiger partial charge in [0.25, 0.3) is 11.5 Å². The number of fused-ring (bicyclic) bond motifs is 1. The topological polar surface area (TPSA) is 130 Å². The SMILES string of the molecule is CS(=O)(=O)CCC(NC(=O)c1ccc2c(Cl)c[nH]c2c1)C(=O)Nc1ccc(-n2ccccc2=O)cc1. The second-order valence-electron chi connectivity index (χ2n) is 8.29. The molecular formula is C25H23ClN4O5S. The molecule has 2 aromatic carbocycles. The number of nitrogens with one attached hydrogen (secondary N) is 3. The van der Waals surface area contributed by atoms with Crippen molar-refractivity contribution in [1.82, 2.24) is 14.9 Å². The molecule has 0 aliphatic rings. The molecule has 36 heavy (non-hydrogen) atoms. The first-order valence-electron chi connectivity index (χ1n) is 10.9. The van der Waals surface area contributed by atoms with Crippen LogP contribution in [0, 0.1) is 0 Å². The Kier molecular flexibility index (Phi) is 7.27. The van der Waals surface area contributed by atoms with E-state index >= 15 is 0 Å². The minimum Gasteiger partial charge on any atom is -0.360 e. The number of pyridine rings is 1. The molecule has 4 rings (SSSR count). The number of rotatable bonds is 8. The summed E-state index contributed by atoms with van der Waals surface area (Å²) in [5, 5.41) is 6.61. The Morgan fingerprint density at radius 2 is 1.83 bits per heavy atom. The Bertz CT molecular complexity index is 1590. The normalized spacial score (nSPS) is 12.3. The molecule has 0 saturated heterocycles. The summed E-state index contributed by atoms with van der Waals surface area (Å²) >= 11 is 6.09. The number of aromatic amines is 1. The number of nitrogens with zero attached hydrogens (tertiary/aromatic N) is 1. The number of benzene rings is 2. The van der Waals surface area contributed by atoms with Gasteiger partial charge in [0, 0.05) is 52.6 Å². The number of halogens is 1. The van der Waals surface area contributed by atoms with E-state index in [1.807, 2.05) is 0 Å². The number of hydrogen-bond donors (Lipinski definition) is 3. The van der Waals surface area contributed by atoms with Crippen LogP contribution in [-0.4, -0.2) is 47.8 Å². The lowest BCUT2D eigenvalue weighted by atomic mass is 10.1. The van der Waals surface area contributed by atoms with Gasteiger partial charge in [-0.15, -0.1) is 0 Å². The second-order valence-corrected chi connectivity index (χ2v) is 11.0. The van der Waals surface area contributed by atoms with Crippen molar-refractivity contribution in [3.8, 4) is 5.69 Å². The van der Waals surface area contributed by atoms with Crippen molar-refractivity contribution in [2.24, 2.45) is 0 Å². The van der Waals surface area contributed by atoms with Gasteiger partial charge in [0.15, 0.2) is 0 Å². The molecule has 4 aromatic rings. The van der Waals surface area contributed by atoms with Crippen molar-refractivity contribution in [1.29, 1.82) is 0 Å². The van der Waals surface area contributed by atoms with Crippen LogP contribution in [0.15, 0.2) is 77.9 Å². The zero-order valence-electron chi connectivity index (χ0n) is 19.2. The fraction of sp³-hybridized carbons (Fsp3) is 0.160. The number of carbonyl (C=O) groups excluding carboxylic acids is 2. The maximum Gasteiger partial charge on any atom is 0.255 e. The van der Waals surface area contributed by atoms with Gasteiger partial charge in [0.2, 0.25) is 5.91 Å². The number of carbonyl (C=O) groups is 2. The van der Waals surface area contributed by atoms with E-state index in [4.69, 9.17) is 11.6 Å². The summed E-state index contributed by atoms with van der Waals surface area (Å²) in [4.78, 5) is 40.9. The lowest BCUT2D eigenvalue weighted by Gasteiger charge is -2.18.